The zero-order chi connectivity index (χ0) is 16.4. The highest BCUT2D eigenvalue weighted by atomic mass is 16.5. The maximum Gasteiger partial charge on any atom is 0.229 e. The van der Waals surface area contributed by atoms with Gasteiger partial charge in [0.1, 0.15) is 5.82 Å². The Morgan fingerprint density at radius 2 is 2.17 bits per heavy atom. The first-order valence-electron chi connectivity index (χ1n) is 9.06. The standard InChI is InChI=1S/C17H26N6O/c1-22-9-8-19-16(22)14-11-18-7-10-23(14)12-15-20-17(24-21-15)13-5-3-2-4-6-13/h8-9,13-14,18H,2-7,10-12H2,1H3. The SMILES string of the molecule is Cn1ccnc1C1CNCCN1Cc1noc(C2CCCCC2)n1. The van der Waals surface area contributed by atoms with E-state index in [0.717, 1.165) is 43.7 Å². The van der Waals surface area contributed by atoms with Crippen molar-refractivity contribution in [1.82, 2.24) is 29.9 Å². The third-order valence-electron chi connectivity index (χ3n) is 5.29. The van der Waals surface area contributed by atoms with E-state index in [1.807, 2.05) is 19.4 Å². The fourth-order valence-corrected chi connectivity index (χ4v) is 3.92. The normalized spacial score (nSPS) is 23.6. The number of aryl methyl sites for hydroxylation is 1. The molecule has 0 bridgehead atoms. The van der Waals surface area contributed by atoms with Crippen molar-refractivity contribution in [2.24, 2.45) is 7.05 Å². The van der Waals surface area contributed by atoms with Gasteiger partial charge in [-0.15, -0.1) is 0 Å². The molecule has 0 aromatic carbocycles. The molecular weight excluding hydrogens is 304 g/mol. The molecule has 1 aliphatic heterocycles. The lowest BCUT2D eigenvalue weighted by molar-refractivity contribution is 0.139. The summed E-state index contributed by atoms with van der Waals surface area (Å²) in [4.78, 5) is 11.6. The Labute approximate surface area is 142 Å². The van der Waals surface area contributed by atoms with Crippen LogP contribution in [0.4, 0.5) is 0 Å². The summed E-state index contributed by atoms with van der Waals surface area (Å²) in [5, 5.41) is 7.71. The number of hydrogen-bond donors (Lipinski definition) is 1. The highest BCUT2D eigenvalue weighted by Crippen LogP contribution is 2.31. The zero-order valence-corrected chi connectivity index (χ0v) is 14.3. The predicted molar refractivity (Wildman–Crippen MR) is 89.4 cm³/mol. The minimum absolute atomic E-state index is 0.246. The summed E-state index contributed by atoms with van der Waals surface area (Å²) >= 11 is 0. The second kappa shape index (κ2) is 7.03. The smallest absolute Gasteiger partial charge is 0.229 e. The number of rotatable bonds is 4. The molecule has 7 heteroatoms. The zero-order valence-electron chi connectivity index (χ0n) is 14.3. The van der Waals surface area contributed by atoms with Gasteiger partial charge < -0.3 is 14.4 Å². The van der Waals surface area contributed by atoms with Crippen LogP contribution in [-0.2, 0) is 13.6 Å². The van der Waals surface area contributed by atoms with Crippen molar-refractivity contribution in [1.29, 1.82) is 0 Å². The predicted octanol–water partition coefficient (Wildman–Crippen LogP) is 2.00. The highest BCUT2D eigenvalue weighted by Gasteiger charge is 2.28. The van der Waals surface area contributed by atoms with Crippen molar-refractivity contribution in [2.45, 2.75) is 50.6 Å². The Morgan fingerprint density at radius 1 is 1.29 bits per heavy atom. The van der Waals surface area contributed by atoms with E-state index in [9.17, 15) is 0 Å². The van der Waals surface area contributed by atoms with Crippen molar-refractivity contribution in [3.63, 3.8) is 0 Å². The number of hydrogen-bond acceptors (Lipinski definition) is 6. The van der Waals surface area contributed by atoms with Gasteiger partial charge in [0.15, 0.2) is 5.82 Å². The molecule has 24 heavy (non-hydrogen) atoms. The molecule has 0 spiro atoms. The molecule has 1 N–H and O–H groups in total. The monoisotopic (exact) mass is 330 g/mol. The fourth-order valence-electron chi connectivity index (χ4n) is 3.92. The van der Waals surface area contributed by atoms with Crippen molar-refractivity contribution in [3.8, 4) is 0 Å². The van der Waals surface area contributed by atoms with Gasteiger partial charge in [-0.3, -0.25) is 4.90 Å². The Morgan fingerprint density at radius 3 is 2.96 bits per heavy atom. The molecule has 2 aromatic rings. The first-order valence-corrected chi connectivity index (χ1v) is 9.06. The van der Waals surface area contributed by atoms with Crippen LogP contribution in [0, 0.1) is 0 Å². The second-order valence-electron chi connectivity index (χ2n) is 6.97. The van der Waals surface area contributed by atoms with Gasteiger partial charge >= 0.3 is 0 Å². The van der Waals surface area contributed by atoms with Crippen molar-refractivity contribution >= 4 is 0 Å². The molecule has 2 aliphatic rings. The lowest BCUT2D eigenvalue weighted by Crippen LogP contribution is -2.46. The second-order valence-corrected chi connectivity index (χ2v) is 6.97. The summed E-state index contributed by atoms with van der Waals surface area (Å²) in [6.07, 6.45) is 10.1. The van der Waals surface area contributed by atoms with Crippen LogP contribution in [0.2, 0.25) is 0 Å². The number of imidazole rings is 1. The van der Waals surface area contributed by atoms with E-state index in [0.29, 0.717) is 5.92 Å². The Bertz CT molecular complexity index is 660. The first-order chi connectivity index (χ1) is 11.8. The van der Waals surface area contributed by atoms with Crippen LogP contribution < -0.4 is 5.32 Å². The largest absolute Gasteiger partial charge is 0.339 e. The molecule has 1 unspecified atom stereocenters. The maximum absolute atomic E-state index is 5.57. The number of piperazine rings is 1. The molecular formula is C17H26N6O. The Hall–Kier alpha value is -1.73. The van der Waals surface area contributed by atoms with Gasteiger partial charge in [0.2, 0.25) is 5.89 Å². The Kier molecular flexibility index (Phi) is 4.62. The van der Waals surface area contributed by atoms with E-state index in [1.165, 1.54) is 32.1 Å². The van der Waals surface area contributed by atoms with E-state index >= 15 is 0 Å². The van der Waals surface area contributed by atoms with Gasteiger partial charge in [0, 0.05) is 45.0 Å². The number of nitrogens with zero attached hydrogens (tertiary/aromatic N) is 5. The quantitative estimate of drug-likeness (QED) is 0.924. The maximum atomic E-state index is 5.57. The van der Waals surface area contributed by atoms with Crippen LogP contribution in [0.25, 0.3) is 0 Å². The molecule has 0 radical (unpaired) electrons. The third kappa shape index (κ3) is 3.23. The minimum atomic E-state index is 0.246. The highest BCUT2D eigenvalue weighted by molar-refractivity contribution is 5.03. The van der Waals surface area contributed by atoms with Crippen LogP contribution >= 0.6 is 0 Å². The summed E-state index contributed by atoms with van der Waals surface area (Å²) in [6, 6.07) is 0.246. The van der Waals surface area contributed by atoms with Crippen LogP contribution in [0.15, 0.2) is 16.9 Å². The van der Waals surface area contributed by atoms with Crippen molar-refractivity contribution in [2.75, 3.05) is 19.6 Å². The first kappa shape index (κ1) is 15.8. The molecule has 2 fully saturated rings. The van der Waals surface area contributed by atoms with Gasteiger partial charge in [-0.05, 0) is 12.8 Å². The van der Waals surface area contributed by atoms with Gasteiger partial charge in [-0.1, -0.05) is 24.4 Å². The lowest BCUT2D eigenvalue weighted by atomic mass is 9.89. The number of nitrogens with one attached hydrogen (secondary N) is 1. The van der Waals surface area contributed by atoms with Crippen LogP contribution in [-0.4, -0.2) is 44.2 Å². The summed E-state index contributed by atoms with van der Waals surface area (Å²) in [6.45, 7) is 3.56. The molecule has 1 saturated carbocycles. The third-order valence-corrected chi connectivity index (χ3v) is 5.29. The van der Waals surface area contributed by atoms with Crippen molar-refractivity contribution < 1.29 is 4.52 Å². The van der Waals surface area contributed by atoms with Gasteiger partial charge in [0.25, 0.3) is 0 Å². The average molecular weight is 330 g/mol. The lowest BCUT2D eigenvalue weighted by Gasteiger charge is -2.34. The van der Waals surface area contributed by atoms with E-state index < -0.39 is 0 Å². The van der Waals surface area contributed by atoms with E-state index in [2.05, 4.69) is 24.9 Å². The minimum Gasteiger partial charge on any atom is -0.339 e. The van der Waals surface area contributed by atoms with Crippen LogP contribution in [0.1, 0.15) is 61.6 Å². The fraction of sp³-hybridized carbons (Fsp3) is 0.706. The summed E-state index contributed by atoms with van der Waals surface area (Å²) in [7, 11) is 2.05. The van der Waals surface area contributed by atoms with Gasteiger partial charge in [-0.2, -0.15) is 4.98 Å². The molecule has 1 aliphatic carbocycles. The van der Waals surface area contributed by atoms with E-state index in [1.54, 1.807) is 0 Å². The van der Waals surface area contributed by atoms with E-state index in [-0.39, 0.29) is 6.04 Å². The molecule has 130 valence electrons. The molecule has 1 atom stereocenters. The summed E-state index contributed by atoms with van der Waals surface area (Å²) in [5.41, 5.74) is 0. The number of aromatic nitrogens is 4. The van der Waals surface area contributed by atoms with Crippen LogP contribution in [0.3, 0.4) is 0 Å². The molecule has 7 nitrogen and oxygen atoms in total. The Balaban J connectivity index is 1.47. The van der Waals surface area contributed by atoms with Gasteiger partial charge in [0.05, 0.1) is 12.6 Å². The summed E-state index contributed by atoms with van der Waals surface area (Å²) < 4.78 is 7.66. The molecule has 1 saturated heterocycles. The molecule has 2 aromatic heterocycles. The molecule has 0 amide bonds. The summed E-state index contributed by atoms with van der Waals surface area (Å²) in [5.74, 6) is 3.19. The van der Waals surface area contributed by atoms with Crippen molar-refractivity contribution in [3.05, 3.63) is 29.9 Å². The topological polar surface area (TPSA) is 72.0 Å². The average Bonchev–Trinajstić information content (AvgIpc) is 3.25. The molecule has 4 rings (SSSR count). The molecule has 3 heterocycles. The van der Waals surface area contributed by atoms with Gasteiger partial charge in [-0.25, -0.2) is 4.98 Å². The van der Waals surface area contributed by atoms with E-state index in [4.69, 9.17) is 9.51 Å². The van der Waals surface area contributed by atoms with Crippen LogP contribution in [0.5, 0.6) is 0 Å².